The Bertz CT molecular complexity index is 1350. The molecule has 0 amide bonds. The highest BCUT2D eigenvalue weighted by molar-refractivity contribution is 5.84. The van der Waals surface area contributed by atoms with Crippen LogP contribution in [-0.2, 0) is 0 Å². The lowest BCUT2D eigenvalue weighted by molar-refractivity contribution is 0.313. The molecule has 0 saturated carbocycles. The van der Waals surface area contributed by atoms with Gasteiger partial charge in [-0.2, -0.15) is 0 Å². The van der Waals surface area contributed by atoms with E-state index < -0.39 is 0 Å². The number of hydrogen-bond donors (Lipinski definition) is 1. The van der Waals surface area contributed by atoms with Gasteiger partial charge in [-0.3, -0.25) is 4.79 Å². The van der Waals surface area contributed by atoms with E-state index in [0.717, 1.165) is 54.0 Å². The van der Waals surface area contributed by atoms with Crippen LogP contribution < -0.4 is 15.8 Å². The van der Waals surface area contributed by atoms with Crippen molar-refractivity contribution in [1.29, 1.82) is 0 Å². The smallest absolute Gasteiger partial charge is 0.251 e. The third kappa shape index (κ3) is 4.44. The molecule has 0 radical (unpaired) electrons. The zero-order valence-electron chi connectivity index (χ0n) is 20.2. The van der Waals surface area contributed by atoms with Crippen molar-refractivity contribution in [3.63, 3.8) is 0 Å². The summed E-state index contributed by atoms with van der Waals surface area (Å²) in [5, 5.41) is 4.58. The first-order valence-corrected chi connectivity index (χ1v) is 12.0. The fourth-order valence-electron chi connectivity index (χ4n) is 4.91. The number of aromatic nitrogens is 1. The Morgan fingerprint density at radius 1 is 0.824 bits per heavy atom. The normalized spacial score (nSPS) is 15.4. The minimum absolute atomic E-state index is 0.0110. The van der Waals surface area contributed by atoms with Crippen LogP contribution in [0, 0.1) is 6.92 Å². The van der Waals surface area contributed by atoms with Crippen molar-refractivity contribution in [2.75, 3.05) is 43.4 Å². The van der Waals surface area contributed by atoms with Gasteiger partial charge in [0, 0.05) is 49.3 Å². The summed E-state index contributed by atoms with van der Waals surface area (Å²) in [5.74, 6) is 0. The Morgan fingerprint density at radius 2 is 1.50 bits per heavy atom. The van der Waals surface area contributed by atoms with Gasteiger partial charge in [0.15, 0.2) is 0 Å². The molecule has 0 bridgehead atoms. The zero-order valence-corrected chi connectivity index (χ0v) is 20.2. The number of fused-ring (bicyclic) bond motifs is 1. The summed E-state index contributed by atoms with van der Waals surface area (Å²) in [6.45, 7) is 8.51. The number of pyridine rings is 1. The molecule has 5 nitrogen and oxygen atoms in total. The number of anilines is 3. The number of aryl methyl sites for hydroxylation is 1. The van der Waals surface area contributed by atoms with Crippen LogP contribution in [-0.4, -0.2) is 42.7 Å². The average molecular weight is 453 g/mol. The van der Waals surface area contributed by atoms with Crippen LogP contribution in [0.25, 0.3) is 10.9 Å². The molecule has 174 valence electrons. The molecule has 3 aromatic carbocycles. The molecule has 5 rings (SSSR count). The standard InChI is InChI=1S/C29H32N4O/c1-21-6-4-5-7-27(21)22(2)33-28-20-25(10-8-23(28)9-15-29(33)34)30-24-11-13-26(14-12-24)32-18-16-31(3)17-19-32/h4-15,20,22,30H,16-19H2,1-3H3. The highest BCUT2D eigenvalue weighted by Gasteiger charge is 2.16. The third-order valence-corrected chi connectivity index (χ3v) is 6.98. The number of likely N-dealkylation sites (N-methyl/N-ethyl adjacent to an activating group) is 1. The van der Waals surface area contributed by atoms with Crippen molar-refractivity contribution >= 4 is 28.0 Å². The maximum Gasteiger partial charge on any atom is 0.251 e. The predicted molar refractivity (Wildman–Crippen MR) is 143 cm³/mol. The van der Waals surface area contributed by atoms with Gasteiger partial charge in [-0.25, -0.2) is 0 Å². The Labute approximate surface area is 201 Å². The van der Waals surface area contributed by atoms with Gasteiger partial charge >= 0.3 is 0 Å². The lowest BCUT2D eigenvalue weighted by Crippen LogP contribution is -2.44. The monoisotopic (exact) mass is 452 g/mol. The molecule has 34 heavy (non-hydrogen) atoms. The first kappa shape index (κ1) is 22.2. The molecular formula is C29H32N4O. The topological polar surface area (TPSA) is 40.5 Å². The van der Waals surface area contributed by atoms with Gasteiger partial charge in [-0.15, -0.1) is 0 Å². The molecule has 1 unspecified atom stereocenters. The molecular weight excluding hydrogens is 420 g/mol. The molecule has 1 N–H and O–H groups in total. The van der Waals surface area contributed by atoms with Crippen molar-refractivity contribution in [3.05, 3.63) is 100 Å². The van der Waals surface area contributed by atoms with E-state index in [4.69, 9.17) is 0 Å². The summed E-state index contributed by atoms with van der Waals surface area (Å²) in [4.78, 5) is 17.8. The average Bonchev–Trinajstić information content (AvgIpc) is 2.85. The first-order chi connectivity index (χ1) is 16.5. The second-order valence-corrected chi connectivity index (χ2v) is 9.31. The molecule has 1 atom stereocenters. The Morgan fingerprint density at radius 3 is 2.24 bits per heavy atom. The summed E-state index contributed by atoms with van der Waals surface area (Å²) < 4.78 is 1.90. The van der Waals surface area contributed by atoms with Crippen LogP contribution >= 0.6 is 0 Å². The SMILES string of the molecule is Cc1ccccc1C(C)n1c(=O)ccc2ccc(Nc3ccc(N4CCN(C)CC4)cc3)cc21. The van der Waals surface area contributed by atoms with E-state index in [9.17, 15) is 4.79 Å². The summed E-state index contributed by atoms with van der Waals surface area (Å²) in [7, 11) is 2.18. The van der Waals surface area contributed by atoms with Gasteiger partial charge in [0.25, 0.3) is 5.56 Å². The van der Waals surface area contributed by atoms with Gasteiger partial charge in [0.1, 0.15) is 0 Å². The van der Waals surface area contributed by atoms with Gasteiger partial charge in [-0.05, 0) is 79.9 Å². The molecule has 1 fully saturated rings. The van der Waals surface area contributed by atoms with E-state index in [-0.39, 0.29) is 11.6 Å². The zero-order chi connectivity index (χ0) is 23.7. The second kappa shape index (κ2) is 9.35. The van der Waals surface area contributed by atoms with Crippen molar-refractivity contribution in [2.45, 2.75) is 19.9 Å². The van der Waals surface area contributed by atoms with Crippen LogP contribution in [0.3, 0.4) is 0 Å². The maximum atomic E-state index is 13.0. The molecule has 1 aliphatic rings. The summed E-state index contributed by atoms with van der Waals surface area (Å²) in [6.07, 6.45) is 0. The van der Waals surface area contributed by atoms with Crippen molar-refractivity contribution < 1.29 is 0 Å². The molecule has 2 heterocycles. The van der Waals surface area contributed by atoms with Crippen molar-refractivity contribution in [2.24, 2.45) is 0 Å². The number of benzene rings is 3. The van der Waals surface area contributed by atoms with E-state index in [0.29, 0.717) is 0 Å². The second-order valence-electron chi connectivity index (χ2n) is 9.31. The highest BCUT2D eigenvalue weighted by atomic mass is 16.1. The van der Waals surface area contributed by atoms with Crippen LogP contribution in [0.1, 0.15) is 24.1 Å². The predicted octanol–water partition coefficient (Wildman–Crippen LogP) is 5.41. The van der Waals surface area contributed by atoms with Crippen LogP contribution in [0.4, 0.5) is 17.1 Å². The van der Waals surface area contributed by atoms with Gasteiger partial charge in [0.05, 0.1) is 11.6 Å². The Kier molecular flexibility index (Phi) is 6.12. The van der Waals surface area contributed by atoms with E-state index in [1.807, 2.05) is 22.8 Å². The number of piperazine rings is 1. The molecule has 1 aliphatic heterocycles. The van der Waals surface area contributed by atoms with Gasteiger partial charge < -0.3 is 19.7 Å². The fraction of sp³-hybridized carbons (Fsp3) is 0.276. The molecule has 0 aliphatic carbocycles. The third-order valence-electron chi connectivity index (χ3n) is 6.98. The number of nitrogens with one attached hydrogen (secondary N) is 1. The van der Waals surface area contributed by atoms with Crippen LogP contribution in [0.2, 0.25) is 0 Å². The molecule has 5 heteroatoms. The number of rotatable bonds is 5. The lowest BCUT2D eigenvalue weighted by atomic mass is 10.0. The number of hydrogen-bond acceptors (Lipinski definition) is 4. The van der Waals surface area contributed by atoms with Crippen molar-refractivity contribution in [3.8, 4) is 0 Å². The quantitative estimate of drug-likeness (QED) is 0.439. The maximum absolute atomic E-state index is 13.0. The Hall–Kier alpha value is -3.57. The van der Waals surface area contributed by atoms with E-state index >= 15 is 0 Å². The largest absolute Gasteiger partial charge is 0.369 e. The number of nitrogens with zero attached hydrogens (tertiary/aromatic N) is 3. The summed E-state index contributed by atoms with van der Waals surface area (Å²) in [6, 6.07) is 26.7. The van der Waals surface area contributed by atoms with E-state index in [1.54, 1.807) is 6.07 Å². The first-order valence-electron chi connectivity index (χ1n) is 12.0. The van der Waals surface area contributed by atoms with E-state index in [2.05, 4.69) is 90.6 Å². The van der Waals surface area contributed by atoms with Gasteiger partial charge in [-0.1, -0.05) is 30.3 Å². The molecule has 1 saturated heterocycles. The fourth-order valence-corrected chi connectivity index (χ4v) is 4.91. The minimum Gasteiger partial charge on any atom is -0.369 e. The molecule has 4 aromatic rings. The lowest BCUT2D eigenvalue weighted by Gasteiger charge is -2.34. The van der Waals surface area contributed by atoms with E-state index in [1.165, 1.54) is 11.3 Å². The van der Waals surface area contributed by atoms with Crippen LogP contribution in [0.15, 0.2) is 83.7 Å². The van der Waals surface area contributed by atoms with Gasteiger partial charge in [0.2, 0.25) is 0 Å². The molecule has 1 aromatic heterocycles. The minimum atomic E-state index is -0.0597. The Balaban J connectivity index is 1.43. The van der Waals surface area contributed by atoms with Crippen LogP contribution in [0.5, 0.6) is 0 Å². The summed E-state index contributed by atoms with van der Waals surface area (Å²) in [5.41, 5.74) is 6.56. The summed E-state index contributed by atoms with van der Waals surface area (Å²) >= 11 is 0. The highest BCUT2D eigenvalue weighted by Crippen LogP contribution is 2.28. The van der Waals surface area contributed by atoms with Crippen molar-refractivity contribution in [1.82, 2.24) is 9.47 Å². The molecule has 0 spiro atoms.